The fraction of sp³-hybridized carbons (Fsp3) is 0.143. The number of benzene rings is 4. The Kier molecular flexibility index (Phi) is 3.90. The Hall–Kier alpha value is -4.10. The third-order valence-corrected chi connectivity index (χ3v) is 8.67. The summed E-state index contributed by atoms with van der Waals surface area (Å²) < 4.78 is 2.55. The molecule has 1 nitrogen and oxygen atoms in total. The number of nitrogens with zero attached hydrogens (tertiary/aromatic N) is 1. The minimum absolute atomic E-state index is 0.0216. The lowest BCUT2D eigenvalue weighted by atomic mass is 9.62. The Bertz CT molecular complexity index is 1930. The highest BCUT2D eigenvalue weighted by molar-refractivity contribution is 5.97. The minimum Gasteiger partial charge on any atom is -0.308 e. The van der Waals surface area contributed by atoms with Crippen molar-refractivity contribution in [3.05, 3.63) is 136 Å². The normalized spacial score (nSPS) is 19.2. The van der Waals surface area contributed by atoms with Gasteiger partial charge in [0.05, 0.1) is 16.6 Å². The smallest absolute Gasteiger partial charge is 0.0619 e. The molecule has 1 aromatic heterocycles. The first-order chi connectivity index (χ1) is 17.6. The van der Waals surface area contributed by atoms with Gasteiger partial charge in [-0.3, -0.25) is 0 Å². The SMILES string of the molecule is CC1(C)C2=C3C(=c4c(c5ccccc5n4-c4cccc5ccccc45)=CC3CC=C2)c2ccccc21. The van der Waals surface area contributed by atoms with E-state index < -0.39 is 0 Å². The zero-order chi connectivity index (χ0) is 24.0. The highest BCUT2D eigenvalue weighted by atomic mass is 15.0. The summed E-state index contributed by atoms with van der Waals surface area (Å²) in [5, 5.41) is 6.62. The molecule has 1 heterocycles. The second kappa shape index (κ2) is 6.98. The molecule has 36 heavy (non-hydrogen) atoms. The van der Waals surface area contributed by atoms with Gasteiger partial charge >= 0.3 is 0 Å². The Morgan fingerprint density at radius 1 is 0.778 bits per heavy atom. The molecule has 0 saturated carbocycles. The van der Waals surface area contributed by atoms with E-state index in [1.54, 1.807) is 0 Å². The van der Waals surface area contributed by atoms with Crippen molar-refractivity contribution >= 4 is 33.3 Å². The maximum absolute atomic E-state index is 2.56. The second-order valence-corrected chi connectivity index (χ2v) is 10.9. The number of para-hydroxylation sites is 1. The van der Waals surface area contributed by atoms with E-state index in [-0.39, 0.29) is 5.41 Å². The maximum atomic E-state index is 2.56. The van der Waals surface area contributed by atoms with Crippen LogP contribution in [-0.4, -0.2) is 4.57 Å². The van der Waals surface area contributed by atoms with E-state index in [1.165, 1.54) is 65.8 Å². The van der Waals surface area contributed by atoms with Gasteiger partial charge in [-0.2, -0.15) is 0 Å². The van der Waals surface area contributed by atoms with Crippen molar-refractivity contribution in [2.45, 2.75) is 25.7 Å². The zero-order valence-corrected chi connectivity index (χ0v) is 20.6. The number of aromatic nitrogens is 1. The molecule has 0 aliphatic heterocycles. The van der Waals surface area contributed by atoms with E-state index in [4.69, 9.17) is 0 Å². The summed E-state index contributed by atoms with van der Waals surface area (Å²) in [6, 6.07) is 33.5. The third-order valence-electron chi connectivity index (χ3n) is 8.67. The summed E-state index contributed by atoms with van der Waals surface area (Å²) in [5.41, 5.74) is 9.75. The van der Waals surface area contributed by atoms with Gasteiger partial charge < -0.3 is 4.57 Å². The number of allylic oxidation sites excluding steroid dienone is 4. The van der Waals surface area contributed by atoms with Gasteiger partial charge in [0.25, 0.3) is 0 Å². The van der Waals surface area contributed by atoms with Crippen molar-refractivity contribution in [3.8, 4) is 5.69 Å². The first kappa shape index (κ1) is 20.1. The Balaban J connectivity index is 1.67. The van der Waals surface area contributed by atoms with Gasteiger partial charge in [-0.25, -0.2) is 0 Å². The first-order valence-corrected chi connectivity index (χ1v) is 13.0. The summed E-state index contributed by atoms with van der Waals surface area (Å²) in [6.07, 6.45) is 8.42. The molecule has 3 aliphatic carbocycles. The lowest BCUT2D eigenvalue weighted by Crippen LogP contribution is -2.41. The monoisotopic (exact) mass is 461 g/mol. The average Bonchev–Trinajstić information content (AvgIpc) is 3.24. The van der Waals surface area contributed by atoms with Crippen molar-refractivity contribution in [2.24, 2.45) is 5.92 Å². The van der Waals surface area contributed by atoms with E-state index in [9.17, 15) is 0 Å². The van der Waals surface area contributed by atoms with Gasteiger partial charge in [-0.05, 0) is 46.2 Å². The van der Waals surface area contributed by atoms with E-state index in [0.717, 1.165) is 6.42 Å². The lowest BCUT2D eigenvalue weighted by Gasteiger charge is -2.42. The lowest BCUT2D eigenvalue weighted by molar-refractivity contribution is 0.603. The molecule has 8 rings (SSSR count). The van der Waals surface area contributed by atoms with Gasteiger partial charge in [0.1, 0.15) is 0 Å². The summed E-state index contributed by atoms with van der Waals surface area (Å²) >= 11 is 0. The molecule has 172 valence electrons. The van der Waals surface area contributed by atoms with Crippen LogP contribution in [-0.2, 0) is 5.41 Å². The Morgan fingerprint density at radius 3 is 2.44 bits per heavy atom. The van der Waals surface area contributed by atoms with Crippen LogP contribution in [0.2, 0.25) is 0 Å². The highest BCUT2D eigenvalue weighted by Gasteiger charge is 2.40. The Labute approximate surface area is 211 Å². The van der Waals surface area contributed by atoms with Crippen LogP contribution in [0.3, 0.4) is 0 Å². The predicted molar refractivity (Wildman–Crippen MR) is 151 cm³/mol. The average molecular weight is 462 g/mol. The van der Waals surface area contributed by atoms with E-state index in [2.05, 4.69) is 128 Å². The van der Waals surface area contributed by atoms with Crippen LogP contribution in [0.15, 0.2) is 114 Å². The van der Waals surface area contributed by atoms with E-state index >= 15 is 0 Å². The molecule has 1 unspecified atom stereocenters. The molecule has 0 bridgehead atoms. The number of hydrogen-bond acceptors (Lipinski definition) is 0. The molecule has 0 amide bonds. The van der Waals surface area contributed by atoms with Gasteiger partial charge in [0, 0.05) is 32.9 Å². The molecule has 0 saturated heterocycles. The van der Waals surface area contributed by atoms with E-state index in [0.29, 0.717) is 5.92 Å². The second-order valence-electron chi connectivity index (χ2n) is 10.9. The Morgan fingerprint density at radius 2 is 1.53 bits per heavy atom. The van der Waals surface area contributed by atoms with Crippen LogP contribution in [0.25, 0.3) is 39.0 Å². The number of fused-ring (bicyclic) bond motifs is 6. The van der Waals surface area contributed by atoms with Gasteiger partial charge in [-0.1, -0.05) is 111 Å². The molecule has 1 heteroatoms. The van der Waals surface area contributed by atoms with Crippen molar-refractivity contribution < 1.29 is 0 Å². The maximum Gasteiger partial charge on any atom is 0.0619 e. The molecule has 1 atom stereocenters. The van der Waals surface area contributed by atoms with Crippen molar-refractivity contribution in [1.82, 2.24) is 4.57 Å². The number of hydrogen-bond donors (Lipinski definition) is 0. The molecule has 0 fully saturated rings. The van der Waals surface area contributed by atoms with Crippen LogP contribution in [0, 0.1) is 5.92 Å². The molecule has 4 aromatic carbocycles. The zero-order valence-electron chi connectivity index (χ0n) is 20.6. The molecule has 0 spiro atoms. The predicted octanol–water partition coefficient (Wildman–Crippen LogP) is 6.94. The standard InChI is InChI=1S/C35H27N/c1-35(2)28-17-7-5-16-26(28)33-32-23(13-9-18-29(32)35)21-27-25-15-6-8-19-31(25)36(34(27)33)30-20-10-12-22-11-3-4-14-24(22)30/h3-12,14-21,23H,13H2,1-2H3. The highest BCUT2D eigenvalue weighted by Crippen LogP contribution is 2.51. The van der Waals surface area contributed by atoms with Crippen LogP contribution in [0.4, 0.5) is 0 Å². The van der Waals surface area contributed by atoms with E-state index in [1.807, 2.05) is 0 Å². The van der Waals surface area contributed by atoms with Crippen molar-refractivity contribution in [1.29, 1.82) is 0 Å². The quantitative estimate of drug-likeness (QED) is 0.255. The van der Waals surface area contributed by atoms with Gasteiger partial charge in [0.2, 0.25) is 0 Å². The summed E-state index contributed by atoms with van der Waals surface area (Å²) in [7, 11) is 0. The molecular weight excluding hydrogens is 434 g/mol. The van der Waals surface area contributed by atoms with Crippen LogP contribution >= 0.6 is 0 Å². The fourth-order valence-corrected chi connectivity index (χ4v) is 7.08. The fourth-order valence-electron chi connectivity index (χ4n) is 7.08. The molecule has 3 aliphatic rings. The van der Waals surface area contributed by atoms with Gasteiger partial charge in [-0.15, -0.1) is 0 Å². The van der Waals surface area contributed by atoms with Crippen molar-refractivity contribution in [2.75, 3.05) is 0 Å². The van der Waals surface area contributed by atoms with Crippen LogP contribution in [0.5, 0.6) is 0 Å². The molecule has 0 radical (unpaired) electrons. The third kappa shape index (κ3) is 2.45. The van der Waals surface area contributed by atoms with Crippen LogP contribution < -0.4 is 10.6 Å². The number of rotatable bonds is 1. The summed E-state index contributed by atoms with van der Waals surface area (Å²) in [5.74, 6) is 0.409. The summed E-state index contributed by atoms with van der Waals surface area (Å²) in [6.45, 7) is 4.79. The first-order valence-electron chi connectivity index (χ1n) is 13.0. The van der Waals surface area contributed by atoms with Crippen molar-refractivity contribution in [3.63, 3.8) is 0 Å². The topological polar surface area (TPSA) is 4.93 Å². The minimum atomic E-state index is -0.0216. The van der Waals surface area contributed by atoms with Crippen LogP contribution in [0.1, 0.15) is 31.4 Å². The molecule has 5 aromatic rings. The van der Waals surface area contributed by atoms with Gasteiger partial charge in [0.15, 0.2) is 0 Å². The largest absolute Gasteiger partial charge is 0.308 e. The summed E-state index contributed by atoms with van der Waals surface area (Å²) in [4.78, 5) is 0. The molecular formula is C35H27N. The molecule has 0 N–H and O–H groups in total.